The lowest BCUT2D eigenvalue weighted by Crippen LogP contribution is -2.44. The predicted octanol–water partition coefficient (Wildman–Crippen LogP) is 4.87. The van der Waals surface area contributed by atoms with Crippen LogP contribution >= 0.6 is 23.2 Å². The number of halogens is 3. The van der Waals surface area contributed by atoms with Gasteiger partial charge in [-0.25, -0.2) is 9.18 Å². The molecule has 1 aliphatic rings. The number of hydrogen-bond acceptors (Lipinski definition) is 7. The summed E-state index contributed by atoms with van der Waals surface area (Å²) in [4.78, 5) is 26.3. The van der Waals surface area contributed by atoms with Crippen LogP contribution in [0.15, 0.2) is 18.2 Å². The van der Waals surface area contributed by atoms with Crippen LogP contribution in [0.25, 0.3) is 0 Å². The summed E-state index contributed by atoms with van der Waals surface area (Å²) in [6.45, 7) is 6.65. The summed E-state index contributed by atoms with van der Waals surface area (Å²) >= 11 is 11.8. The summed E-state index contributed by atoms with van der Waals surface area (Å²) in [7, 11) is 0. The Hall–Kier alpha value is -2.39. The van der Waals surface area contributed by atoms with Crippen molar-refractivity contribution in [3.8, 4) is 0 Å². The predicted molar refractivity (Wildman–Crippen MR) is 114 cm³/mol. The van der Waals surface area contributed by atoms with Gasteiger partial charge in [0.1, 0.15) is 11.4 Å². The summed E-state index contributed by atoms with van der Waals surface area (Å²) < 4.78 is 18.7. The second-order valence-corrected chi connectivity index (χ2v) is 8.64. The fraction of sp³-hybridized carbons (Fsp3) is 0.474. The molecule has 11 heteroatoms. The molecule has 0 saturated carbocycles. The summed E-state index contributed by atoms with van der Waals surface area (Å²) in [6.07, 6.45) is 1.10. The summed E-state index contributed by atoms with van der Waals surface area (Å²) in [5, 5.41) is 6.14. The first-order valence-electron chi connectivity index (χ1n) is 9.47. The molecular weight excluding hydrogens is 434 g/mol. The number of nitrogens with zero attached hydrogens (tertiary/aromatic N) is 4. The molecule has 0 unspecified atom stereocenters. The van der Waals surface area contributed by atoms with E-state index in [0.29, 0.717) is 37.6 Å². The SMILES string of the molecule is CC(C)(C)OC(=O)N1CCC(Nc2nc(Cl)nc(Nc3ccc(F)c(Cl)c3)n2)CC1. The fourth-order valence-corrected chi connectivity index (χ4v) is 3.23. The minimum absolute atomic E-state index is 0.00870. The molecule has 0 radical (unpaired) electrons. The third-order valence-corrected chi connectivity index (χ3v) is 4.72. The Bertz CT molecular complexity index is 916. The maximum Gasteiger partial charge on any atom is 0.410 e. The van der Waals surface area contributed by atoms with Crippen molar-refractivity contribution in [2.24, 2.45) is 0 Å². The standard InChI is InChI=1S/C19H23Cl2FN6O2/c1-19(2,3)30-18(29)28-8-6-11(7-9-28)23-16-25-15(21)26-17(27-16)24-12-4-5-14(22)13(20)10-12/h4-5,10-11H,6-9H2,1-3H3,(H2,23,24,25,26,27). The number of benzene rings is 1. The average Bonchev–Trinajstić information content (AvgIpc) is 2.63. The first-order chi connectivity index (χ1) is 14.1. The Morgan fingerprint density at radius 2 is 1.83 bits per heavy atom. The monoisotopic (exact) mass is 456 g/mol. The summed E-state index contributed by atoms with van der Waals surface area (Å²) in [6, 6.07) is 4.24. The van der Waals surface area contributed by atoms with Crippen LogP contribution in [0.1, 0.15) is 33.6 Å². The van der Waals surface area contributed by atoms with E-state index in [-0.39, 0.29) is 28.4 Å². The highest BCUT2D eigenvalue weighted by molar-refractivity contribution is 6.31. The Morgan fingerprint density at radius 1 is 1.17 bits per heavy atom. The molecule has 2 heterocycles. The van der Waals surface area contributed by atoms with Crippen LogP contribution < -0.4 is 10.6 Å². The molecular formula is C19H23Cl2FN6O2. The fourth-order valence-electron chi connectivity index (χ4n) is 2.89. The molecule has 1 aliphatic heterocycles. The summed E-state index contributed by atoms with van der Waals surface area (Å²) in [5.74, 6) is -0.0104. The van der Waals surface area contributed by atoms with Gasteiger partial charge in [-0.1, -0.05) is 11.6 Å². The molecule has 8 nitrogen and oxygen atoms in total. The highest BCUT2D eigenvalue weighted by Crippen LogP contribution is 2.23. The number of likely N-dealkylation sites (tertiary alicyclic amines) is 1. The van der Waals surface area contributed by atoms with Gasteiger partial charge in [0.15, 0.2) is 0 Å². The molecule has 1 aromatic heterocycles. The van der Waals surface area contributed by atoms with Gasteiger partial charge in [-0.2, -0.15) is 15.0 Å². The molecule has 162 valence electrons. The minimum atomic E-state index is -0.522. The van der Waals surface area contributed by atoms with Gasteiger partial charge in [0.2, 0.25) is 17.2 Å². The lowest BCUT2D eigenvalue weighted by atomic mass is 10.1. The first-order valence-corrected chi connectivity index (χ1v) is 10.2. The van der Waals surface area contributed by atoms with E-state index in [4.69, 9.17) is 27.9 Å². The molecule has 1 amide bonds. The first kappa shape index (κ1) is 22.3. The third-order valence-electron chi connectivity index (χ3n) is 4.26. The highest BCUT2D eigenvalue weighted by atomic mass is 35.5. The molecule has 2 aromatic rings. The molecule has 3 rings (SSSR count). The lowest BCUT2D eigenvalue weighted by molar-refractivity contribution is 0.0210. The number of carbonyl (C=O) groups excluding carboxylic acids is 1. The van der Waals surface area contributed by atoms with Gasteiger partial charge in [-0.15, -0.1) is 0 Å². The molecule has 1 saturated heterocycles. The number of piperidine rings is 1. The van der Waals surface area contributed by atoms with Crippen LogP contribution in [-0.4, -0.2) is 50.7 Å². The van der Waals surface area contributed by atoms with Gasteiger partial charge < -0.3 is 20.3 Å². The van der Waals surface area contributed by atoms with Crippen LogP contribution in [0.3, 0.4) is 0 Å². The maximum absolute atomic E-state index is 13.3. The smallest absolute Gasteiger partial charge is 0.410 e. The zero-order valence-corrected chi connectivity index (χ0v) is 18.4. The van der Waals surface area contributed by atoms with E-state index in [1.807, 2.05) is 20.8 Å². The topological polar surface area (TPSA) is 92.3 Å². The van der Waals surface area contributed by atoms with Gasteiger partial charge in [0.05, 0.1) is 5.02 Å². The molecule has 1 fully saturated rings. The average molecular weight is 457 g/mol. The van der Waals surface area contributed by atoms with Crippen molar-refractivity contribution in [1.82, 2.24) is 19.9 Å². The largest absolute Gasteiger partial charge is 0.444 e. The van der Waals surface area contributed by atoms with Gasteiger partial charge >= 0.3 is 6.09 Å². The van der Waals surface area contributed by atoms with Crippen molar-refractivity contribution in [3.05, 3.63) is 34.3 Å². The van der Waals surface area contributed by atoms with E-state index < -0.39 is 11.4 Å². The van der Waals surface area contributed by atoms with E-state index >= 15 is 0 Å². The number of ether oxygens (including phenoxy) is 1. The molecule has 0 atom stereocenters. The third kappa shape index (κ3) is 6.30. The van der Waals surface area contributed by atoms with Crippen LogP contribution in [0.4, 0.5) is 26.8 Å². The molecule has 0 aliphatic carbocycles. The number of amides is 1. The second kappa shape index (κ2) is 9.18. The Morgan fingerprint density at radius 3 is 2.47 bits per heavy atom. The molecule has 30 heavy (non-hydrogen) atoms. The van der Waals surface area contributed by atoms with Crippen molar-refractivity contribution >= 4 is 46.9 Å². The van der Waals surface area contributed by atoms with Crippen LogP contribution in [0.5, 0.6) is 0 Å². The van der Waals surface area contributed by atoms with Crippen molar-refractivity contribution in [2.75, 3.05) is 23.7 Å². The molecule has 2 N–H and O–H groups in total. The highest BCUT2D eigenvalue weighted by Gasteiger charge is 2.27. The van der Waals surface area contributed by atoms with E-state index in [2.05, 4.69) is 25.6 Å². The Balaban J connectivity index is 1.60. The van der Waals surface area contributed by atoms with Crippen molar-refractivity contribution in [2.45, 2.75) is 45.3 Å². The zero-order chi connectivity index (χ0) is 21.9. The van der Waals surface area contributed by atoms with Crippen LogP contribution in [0.2, 0.25) is 10.3 Å². The van der Waals surface area contributed by atoms with Crippen LogP contribution in [0, 0.1) is 5.82 Å². The molecule has 1 aromatic carbocycles. The van der Waals surface area contributed by atoms with Crippen molar-refractivity contribution in [1.29, 1.82) is 0 Å². The zero-order valence-electron chi connectivity index (χ0n) is 16.9. The van der Waals surface area contributed by atoms with E-state index in [9.17, 15) is 9.18 Å². The van der Waals surface area contributed by atoms with E-state index in [1.165, 1.54) is 18.2 Å². The lowest BCUT2D eigenvalue weighted by Gasteiger charge is -2.33. The molecule has 0 bridgehead atoms. The van der Waals surface area contributed by atoms with E-state index in [1.54, 1.807) is 4.90 Å². The number of carbonyl (C=O) groups is 1. The Kier molecular flexibility index (Phi) is 6.82. The normalized spacial score (nSPS) is 15.1. The van der Waals surface area contributed by atoms with Crippen LogP contribution in [-0.2, 0) is 4.74 Å². The number of rotatable bonds is 4. The van der Waals surface area contributed by atoms with Gasteiger partial charge in [0, 0.05) is 24.8 Å². The minimum Gasteiger partial charge on any atom is -0.444 e. The molecule has 0 spiro atoms. The maximum atomic E-state index is 13.3. The quantitative estimate of drug-likeness (QED) is 0.677. The van der Waals surface area contributed by atoms with Gasteiger partial charge in [0.25, 0.3) is 0 Å². The second-order valence-electron chi connectivity index (χ2n) is 7.89. The van der Waals surface area contributed by atoms with Crippen molar-refractivity contribution in [3.63, 3.8) is 0 Å². The van der Waals surface area contributed by atoms with Gasteiger partial charge in [-0.3, -0.25) is 0 Å². The number of hydrogen-bond donors (Lipinski definition) is 2. The summed E-state index contributed by atoms with van der Waals surface area (Å²) in [5.41, 5.74) is -0.00771. The van der Waals surface area contributed by atoms with E-state index in [0.717, 1.165) is 0 Å². The van der Waals surface area contributed by atoms with Gasteiger partial charge in [-0.05, 0) is 63.4 Å². The van der Waals surface area contributed by atoms with Crippen molar-refractivity contribution < 1.29 is 13.9 Å². The number of anilines is 3. The number of aromatic nitrogens is 3. The number of nitrogens with one attached hydrogen (secondary N) is 2. The Labute approximate surface area is 184 Å².